The molecular weight excluding hydrogens is 218 g/mol. The van der Waals surface area contributed by atoms with Gasteiger partial charge in [-0.1, -0.05) is 6.07 Å². The molecule has 0 unspecified atom stereocenters. The fourth-order valence-corrected chi connectivity index (χ4v) is 1.97. The third-order valence-electron chi connectivity index (χ3n) is 2.97. The van der Waals surface area contributed by atoms with Crippen molar-refractivity contribution >= 4 is 17.5 Å². The Labute approximate surface area is 101 Å². The van der Waals surface area contributed by atoms with Crippen molar-refractivity contribution in [2.75, 3.05) is 43.4 Å². The van der Waals surface area contributed by atoms with Crippen molar-refractivity contribution in [3.63, 3.8) is 0 Å². The Hall–Kier alpha value is -1.75. The van der Waals surface area contributed by atoms with Gasteiger partial charge in [-0.2, -0.15) is 0 Å². The Morgan fingerprint density at radius 1 is 1.29 bits per heavy atom. The summed E-state index contributed by atoms with van der Waals surface area (Å²) >= 11 is 0. The fourth-order valence-electron chi connectivity index (χ4n) is 1.97. The lowest BCUT2D eigenvalue weighted by atomic mass is 10.2. The molecule has 1 fully saturated rings. The monoisotopic (exact) mass is 235 g/mol. The van der Waals surface area contributed by atoms with Crippen molar-refractivity contribution in [2.24, 2.45) is 0 Å². The van der Waals surface area contributed by atoms with Crippen molar-refractivity contribution in [1.29, 1.82) is 0 Å². The zero-order chi connectivity index (χ0) is 12.3. The lowest BCUT2D eigenvalue weighted by Crippen LogP contribution is -2.44. The number of rotatable bonds is 2. The van der Waals surface area contributed by atoms with Gasteiger partial charge in [-0.3, -0.25) is 5.32 Å². The SMILES string of the molecule is CN1CCN(c2cccc(NC(=O)O)c2)CC1. The van der Waals surface area contributed by atoms with Gasteiger partial charge in [0, 0.05) is 37.6 Å². The van der Waals surface area contributed by atoms with E-state index in [1.54, 1.807) is 6.07 Å². The first-order valence-electron chi connectivity index (χ1n) is 5.68. The predicted octanol–water partition coefficient (Wildman–Crippen LogP) is 1.53. The Morgan fingerprint density at radius 2 is 2.00 bits per heavy atom. The molecule has 2 rings (SSSR count). The summed E-state index contributed by atoms with van der Waals surface area (Å²) in [6.07, 6.45) is -1.03. The quantitative estimate of drug-likeness (QED) is 0.816. The molecule has 2 N–H and O–H groups in total. The van der Waals surface area contributed by atoms with Gasteiger partial charge in [0.25, 0.3) is 0 Å². The Morgan fingerprint density at radius 3 is 2.65 bits per heavy atom. The highest BCUT2D eigenvalue weighted by Gasteiger charge is 2.14. The van der Waals surface area contributed by atoms with E-state index in [4.69, 9.17) is 5.11 Å². The Kier molecular flexibility index (Phi) is 3.49. The van der Waals surface area contributed by atoms with Gasteiger partial charge < -0.3 is 14.9 Å². The number of carbonyl (C=O) groups is 1. The van der Waals surface area contributed by atoms with Gasteiger partial charge in [-0.05, 0) is 25.2 Å². The lowest BCUT2D eigenvalue weighted by molar-refractivity contribution is 0.210. The number of hydrogen-bond donors (Lipinski definition) is 2. The second-order valence-electron chi connectivity index (χ2n) is 4.27. The van der Waals surface area contributed by atoms with E-state index in [0.29, 0.717) is 5.69 Å². The minimum absolute atomic E-state index is 0.619. The van der Waals surface area contributed by atoms with Crippen LogP contribution in [0.4, 0.5) is 16.2 Å². The number of amides is 1. The van der Waals surface area contributed by atoms with E-state index in [1.807, 2.05) is 18.2 Å². The first kappa shape index (κ1) is 11.7. The lowest BCUT2D eigenvalue weighted by Gasteiger charge is -2.34. The van der Waals surface area contributed by atoms with E-state index in [2.05, 4.69) is 22.2 Å². The molecule has 5 heteroatoms. The fraction of sp³-hybridized carbons (Fsp3) is 0.417. The van der Waals surface area contributed by atoms with Crippen molar-refractivity contribution in [3.05, 3.63) is 24.3 Å². The van der Waals surface area contributed by atoms with Gasteiger partial charge in [-0.25, -0.2) is 4.79 Å². The van der Waals surface area contributed by atoms with Crippen LogP contribution < -0.4 is 10.2 Å². The summed E-state index contributed by atoms with van der Waals surface area (Å²) in [5.74, 6) is 0. The van der Waals surface area contributed by atoms with E-state index < -0.39 is 6.09 Å². The first-order valence-corrected chi connectivity index (χ1v) is 5.68. The molecule has 0 spiro atoms. The Bertz CT molecular complexity index is 400. The molecule has 0 aromatic heterocycles. The number of piperazine rings is 1. The van der Waals surface area contributed by atoms with Gasteiger partial charge in [0.1, 0.15) is 0 Å². The molecule has 1 aromatic carbocycles. The van der Waals surface area contributed by atoms with Crippen molar-refractivity contribution < 1.29 is 9.90 Å². The maximum atomic E-state index is 10.6. The highest BCUT2D eigenvalue weighted by atomic mass is 16.4. The average molecular weight is 235 g/mol. The third-order valence-corrected chi connectivity index (χ3v) is 2.97. The normalized spacial score (nSPS) is 16.9. The Balaban J connectivity index is 2.07. The van der Waals surface area contributed by atoms with Crippen LogP contribution in [0.1, 0.15) is 0 Å². The van der Waals surface area contributed by atoms with Crippen LogP contribution in [0.15, 0.2) is 24.3 Å². The molecular formula is C12H17N3O2. The standard InChI is InChI=1S/C12H17N3O2/c1-14-5-7-15(8-6-14)11-4-2-3-10(9-11)13-12(16)17/h2-4,9,13H,5-8H2,1H3,(H,16,17). The van der Waals surface area contributed by atoms with Gasteiger partial charge in [0.15, 0.2) is 0 Å². The molecule has 5 nitrogen and oxygen atoms in total. The molecule has 1 heterocycles. The van der Waals surface area contributed by atoms with E-state index in [1.165, 1.54) is 0 Å². The number of anilines is 2. The number of nitrogens with zero attached hydrogens (tertiary/aromatic N) is 2. The van der Waals surface area contributed by atoms with Crippen molar-refractivity contribution in [1.82, 2.24) is 4.90 Å². The van der Waals surface area contributed by atoms with E-state index in [-0.39, 0.29) is 0 Å². The number of nitrogens with one attached hydrogen (secondary N) is 1. The molecule has 0 saturated carbocycles. The summed E-state index contributed by atoms with van der Waals surface area (Å²) in [4.78, 5) is 15.1. The summed E-state index contributed by atoms with van der Waals surface area (Å²) in [6.45, 7) is 4.03. The van der Waals surface area contributed by atoms with Crippen molar-refractivity contribution in [3.8, 4) is 0 Å². The number of benzene rings is 1. The maximum absolute atomic E-state index is 10.6. The molecule has 0 atom stereocenters. The highest BCUT2D eigenvalue weighted by Crippen LogP contribution is 2.20. The topological polar surface area (TPSA) is 55.8 Å². The molecule has 1 amide bonds. The van der Waals surface area contributed by atoms with Crippen LogP contribution in [0, 0.1) is 0 Å². The highest BCUT2D eigenvalue weighted by molar-refractivity contribution is 5.83. The zero-order valence-electron chi connectivity index (χ0n) is 9.89. The minimum atomic E-state index is -1.03. The maximum Gasteiger partial charge on any atom is 0.409 e. The summed E-state index contributed by atoms with van der Waals surface area (Å²) in [6, 6.07) is 7.52. The molecule has 0 bridgehead atoms. The number of carboxylic acid groups (broad SMARTS) is 1. The largest absolute Gasteiger partial charge is 0.465 e. The van der Waals surface area contributed by atoms with Crippen LogP contribution in [0.3, 0.4) is 0 Å². The van der Waals surface area contributed by atoms with E-state index in [9.17, 15) is 4.79 Å². The van der Waals surface area contributed by atoms with Crippen LogP contribution in [0.2, 0.25) is 0 Å². The van der Waals surface area contributed by atoms with Gasteiger partial charge in [0.2, 0.25) is 0 Å². The van der Waals surface area contributed by atoms with E-state index >= 15 is 0 Å². The summed E-state index contributed by atoms with van der Waals surface area (Å²) in [5.41, 5.74) is 1.69. The van der Waals surface area contributed by atoms with Crippen LogP contribution in [-0.4, -0.2) is 49.3 Å². The molecule has 1 aromatic rings. The number of hydrogen-bond acceptors (Lipinski definition) is 3. The van der Waals surface area contributed by atoms with Gasteiger partial charge in [-0.15, -0.1) is 0 Å². The van der Waals surface area contributed by atoms with Gasteiger partial charge in [0.05, 0.1) is 0 Å². The number of likely N-dealkylation sites (N-methyl/N-ethyl adjacent to an activating group) is 1. The molecule has 1 aliphatic heterocycles. The van der Waals surface area contributed by atoms with Crippen LogP contribution in [0.5, 0.6) is 0 Å². The molecule has 17 heavy (non-hydrogen) atoms. The molecule has 0 radical (unpaired) electrons. The molecule has 92 valence electrons. The van der Waals surface area contributed by atoms with Crippen molar-refractivity contribution in [2.45, 2.75) is 0 Å². The predicted molar refractivity (Wildman–Crippen MR) is 67.8 cm³/mol. The molecule has 1 saturated heterocycles. The minimum Gasteiger partial charge on any atom is -0.465 e. The molecule has 0 aliphatic carbocycles. The smallest absolute Gasteiger partial charge is 0.409 e. The summed E-state index contributed by atoms with van der Waals surface area (Å²) in [5, 5.41) is 11.0. The van der Waals surface area contributed by atoms with Crippen LogP contribution in [-0.2, 0) is 0 Å². The van der Waals surface area contributed by atoms with E-state index in [0.717, 1.165) is 31.9 Å². The first-order chi connectivity index (χ1) is 8.15. The zero-order valence-corrected chi connectivity index (χ0v) is 9.89. The average Bonchev–Trinajstić information content (AvgIpc) is 2.29. The second kappa shape index (κ2) is 5.05. The second-order valence-corrected chi connectivity index (χ2v) is 4.27. The van der Waals surface area contributed by atoms with Gasteiger partial charge >= 0.3 is 6.09 Å². The molecule has 1 aliphatic rings. The third kappa shape index (κ3) is 3.10. The summed E-state index contributed by atoms with van der Waals surface area (Å²) < 4.78 is 0. The summed E-state index contributed by atoms with van der Waals surface area (Å²) in [7, 11) is 2.11. The van der Waals surface area contributed by atoms with Crippen LogP contribution in [0.25, 0.3) is 0 Å². The van der Waals surface area contributed by atoms with Crippen LogP contribution >= 0.6 is 0 Å².